The van der Waals surface area contributed by atoms with Crippen molar-refractivity contribution in [2.45, 2.75) is 56.3 Å². The number of hydrogen-bond acceptors (Lipinski definition) is 6. The molecule has 0 unspecified atom stereocenters. The molecule has 1 saturated carbocycles. The van der Waals surface area contributed by atoms with Crippen LogP contribution in [0.3, 0.4) is 0 Å². The van der Waals surface area contributed by atoms with Gasteiger partial charge in [0.2, 0.25) is 27.6 Å². The fraction of sp³-hybridized carbons (Fsp3) is 0.423. The minimum Gasteiger partial charge on any atom is -0.339 e. The van der Waals surface area contributed by atoms with E-state index in [1.807, 2.05) is 31.2 Å². The van der Waals surface area contributed by atoms with Gasteiger partial charge in [0.15, 0.2) is 0 Å². The highest BCUT2D eigenvalue weighted by atomic mass is 32.2. The predicted octanol–water partition coefficient (Wildman–Crippen LogP) is 4.74. The maximum absolute atomic E-state index is 13.1. The lowest BCUT2D eigenvalue weighted by atomic mass is 9.98. The number of anilines is 1. The van der Waals surface area contributed by atoms with E-state index >= 15 is 0 Å². The minimum atomic E-state index is -3.64. The zero-order valence-corrected chi connectivity index (χ0v) is 20.6. The second kappa shape index (κ2) is 9.91. The number of carbonyl (C=O) groups excluding carboxylic acids is 1. The van der Waals surface area contributed by atoms with Crippen molar-refractivity contribution in [1.29, 1.82) is 0 Å². The van der Waals surface area contributed by atoms with Crippen molar-refractivity contribution in [1.82, 2.24) is 14.4 Å². The smallest absolute Gasteiger partial charge is 0.243 e. The summed E-state index contributed by atoms with van der Waals surface area (Å²) in [6.45, 7) is 2.49. The number of piperidine rings is 1. The zero-order valence-electron chi connectivity index (χ0n) is 19.8. The van der Waals surface area contributed by atoms with E-state index in [1.165, 1.54) is 17.1 Å². The van der Waals surface area contributed by atoms with Crippen molar-refractivity contribution in [3.05, 3.63) is 60.0 Å². The summed E-state index contributed by atoms with van der Waals surface area (Å²) in [6, 6.07) is 14.2. The molecule has 0 spiro atoms. The van der Waals surface area contributed by atoms with E-state index in [1.54, 1.807) is 24.3 Å². The van der Waals surface area contributed by atoms with Gasteiger partial charge in [-0.3, -0.25) is 4.79 Å². The molecule has 2 aromatic carbocycles. The van der Waals surface area contributed by atoms with Gasteiger partial charge in [-0.05, 0) is 56.9 Å². The SMILES string of the molecule is Cc1ccc(S(=O)(=O)N2CCC[C@H](C(=O)Nc3cccc(-c4noc(C5CCCC5)n4)c3)C2)cc1. The summed E-state index contributed by atoms with van der Waals surface area (Å²) in [5.74, 6) is 0.919. The molecule has 2 aliphatic rings. The van der Waals surface area contributed by atoms with E-state index in [0.29, 0.717) is 42.7 Å². The van der Waals surface area contributed by atoms with E-state index < -0.39 is 15.9 Å². The monoisotopic (exact) mass is 494 g/mol. The van der Waals surface area contributed by atoms with Crippen molar-refractivity contribution in [3.8, 4) is 11.4 Å². The number of hydrogen-bond donors (Lipinski definition) is 1. The average Bonchev–Trinajstić information content (AvgIpc) is 3.57. The van der Waals surface area contributed by atoms with Crippen molar-refractivity contribution >= 4 is 21.6 Å². The Balaban J connectivity index is 1.26. The Morgan fingerprint density at radius 1 is 1.06 bits per heavy atom. The molecule has 2 heterocycles. The third kappa shape index (κ3) is 5.16. The Morgan fingerprint density at radius 2 is 1.83 bits per heavy atom. The summed E-state index contributed by atoms with van der Waals surface area (Å²) in [6.07, 6.45) is 5.81. The van der Waals surface area contributed by atoms with E-state index in [-0.39, 0.29) is 17.3 Å². The van der Waals surface area contributed by atoms with Crippen LogP contribution >= 0.6 is 0 Å². The first-order valence-corrected chi connectivity index (χ1v) is 13.7. The van der Waals surface area contributed by atoms with E-state index in [0.717, 1.165) is 24.0 Å². The lowest BCUT2D eigenvalue weighted by Gasteiger charge is -2.31. The van der Waals surface area contributed by atoms with Gasteiger partial charge in [-0.15, -0.1) is 0 Å². The Hall–Kier alpha value is -3.04. The van der Waals surface area contributed by atoms with Gasteiger partial charge < -0.3 is 9.84 Å². The number of nitrogens with zero attached hydrogens (tertiary/aromatic N) is 3. The molecule has 35 heavy (non-hydrogen) atoms. The lowest BCUT2D eigenvalue weighted by Crippen LogP contribution is -2.43. The van der Waals surface area contributed by atoms with Gasteiger partial charge in [-0.2, -0.15) is 9.29 Å². The maximum atomic E-state index is 13.1. The first kappa shape index (κ1) is 23.7. The van der Waals surface area contributed by atoms with Gasteiger partial charge in [-0.25, -0.2) is 8.42 Å². The fourth-order valence-electron chi connectivity index (χ4n) is 4.91. The van der Waals surface area contributed by atoms with Crippen LogP contribution < -0.4 is 5.32 Å². The highest BCUT2D eigenvalue weighted by molar-refractivity contribution is 7.89. The molecule has 1 N–H and O–H groups in total. The van der Waals surface area contributed by atoms with Crippen LogP contribution in [0, 0.1) is 12.8 Å². The number of benzene rings is 2. The van der Waals surface area contributed by atoms with Gasteiger partial charge in [0.05, 0.1) is 10.8 Å². The average molecular weight is 495 g/mol. The third-order valence-corrected chi connectivity index (χ3v) is 8.83. The summed E-state index contributed by atoms with van der Waals surface area (Å²) in [5.41, 5.74) is 2.39. The number of nitrogens with one attached hydrogen (secondary N) is 1. The molecule has 184 valence electrons. The molecule has 1 saturated heterocycles. The van der Waals surface area contributed by atoms with Crippen LogP contribution in [0.1, 0.15) is 55.9 Å². The Bertz CT molecular complexity index is 1300. The number of rotatable bonds is 6. The van der Waals surface area contributed by atoms with Crippen molar-refractivity contribution < 1.29 is 17.7 Å². The standard InChI is InChI=1S/C26H30N4O4S/c1-18-11-13-23(14-12-18)35(32,33)30-15-5-9-21(17-30)25(31)27-22-10-4-8-20(16-22)24-28-26(34-29-24)19-6-2-3-7-19/h4,8,10-14,16,19,21H,2-3,5-7,9,15,17H2,1H3,(H,27,31)/t21-/m0/s1. The van der Waals surface area contributed by atoms with Gasteiger partial charge >= 0.3 is 0 Å². The van der Waals surface area contributed by atoms with E-state index in [9.17, 15) is 13.2 Å². The summed E-state index contributed by atoms with van der Waals surface area (Å²) in [5, 5.41) is 7.10. The van der Waals surface area contributed by atoms with Gasteiger partial charge in [0.25, 0.3) is 0 Å². The van der Waals surface area contributed by atoms with Crippen molar-refractivity contribution in [2.24, 2.45) is 5.92 Å². The molecule has 5 rings (SSSR count). The van der Waals surface area contributed by atoms with Gasteiger partial charge in [0, 0.05) is 30.3 Å². The van der Waals surface area contributed by atoms with Crippen LogP contribution in [0.15, 0.2) is 57.9 Å². The second-order valence-corrected chi connectivity index (χ2v) is 11.5. The fourth-order valence-corrected chi connectivity index (χ4v) is 6.43. The van der Waals surface area contributed by atoms with Crippen LogP contribution in [0.2, 0.25) is 0 Å². The van der Waals surface area contributed by atoms with Crippen LogP contribution in [-0.4, -0.2) is 41.9 Å². The van der Waals surface area contributed by atoms with Crippen LogP contribution in [0.25, 0.3) is 11.4 Å². The summed E-state index contributed by atoms with van der Waals surface area (Å²) in [7, 11) is -3.64. The molecule has 0 radical (unpaired) electrons. The third-order valence-electron chi connectivity index (χ3n) is 6.95. The van der Waals surface area contributed by atoms with Crippen LogP contribution in [0.4, 0.5) is 5.69 Å². The molecule has 9 heteroatoms. The summed E-state index contributed by atoms with van der Waals surface area (Å²) < 4.78 is 33.1. The topological polar surface area (TPSA) is 105 Å². The summed E-state index contributed by atoms with van der Waals surface area (Å²) >= 11 is 0. The zero-order chi connectivity index (χ0) is 24.4. The number of sulfonamides is 1. The second-order valence-electron chi connectivity index (χ2n) is 9.52. The number of aryl methyl sites for hydroxylation is 1. The highest BCUT2D eigenvalue weighted by Gasteiger charge is 2.33. The Morgan fingerprint density at radius 3 is 2.60 bits per heavy atom. The lowest BCUT2D eigenvalue weighted by molar-refractivity contribution is -0.120. The molecule has 1 aliphatic carbocycles. The molecule has 1 aliphatic heterocycles. The molecule has 2 fully saturated rings. The number of aromatic nitrogens is 2. The van der Waals surface area contributed by atoms with Gasteiger partial charge in [-0.1, -0.05) is 47.8 Å². The van der Waals surface area contributed by atoms with Gasteiger partial charge in [0.1, 0.15) is 0 Å². The molecule has 8 nitrogen and oxygen atoms in total. The van der Waals surface area contributed by atoms with E-state index in [4.69, 9.17) is 4.52 Å². The van der Waals surface area contributed by atoms with E-state index in [2.05, 4.69) is 15.5 Å². The first-order valence-electron chi connectivity index (χ1n) is 12.2. The van der Waals surface area contributed by atoms with Crippen LogP contribution in [0.5, 0.6) is 0 Å². The number of carbonyl (C=O) groups is 1. The van der Waals surface area contributed by atoms with Crippen molar-refractivity contribution in [2.75, 3.05) is 18.4 Å². The maximum Gasteiger partial charge on any atom is 0.243 e. The van der Waals surface area contributed by atoms with Crippen molar-refractivity contribution in [3.63, 3.8) is 0 Å². The molecule has 3 aromatic rings. The predicted molar refractivity (Wildman–Crippen MR) is 132 cm³/mol. The Labute approximate surface area is 205 Å². The molecular weight excluding hydrogens is 464 g/mol. The largest absolute Gasteiger partial charge is 0.339 e. The molecular formula is C26H30N4O4S. The minimum absolute atomic E-state index is 0.164. The summed E-state index contributed by atoms with van der Waals surface area (Å²) in [4.78, 5) is 17.9. The highest BCUT2D eigenvalue weighted by Crippen LogP contribution is 2.34. The molecule has 0 bridgehead atoms. The molecule has 1 aromatic heterocycles. The quantitative estimate of drug-likeness (QED) is 0.531. The Kier molecular flexibility index (Phi) is 6.71. The number of amides is 1. The van der Waals surface area contributed by atoms with Crippen LogP contribution in [-0.2, 0) is 14.8 Å². The first-order chi connectivity index (χ1) is 16.9. The molecule has 1 amide bonds. The molecule has 1 atom stereocenters. The normalized spacial score (nSPS) is 19.6.